The van der Waals surface area contributed by atoms with Gasteiger partial charge in [-0.3, -0.25) is 4.79 Å². The van der Waals surface area contributed by atoms with Gasteiger partial charge in [0.05, 0.1) is 5.75 Å². The summed E-state index contributed by atoms with van der Waals surface area (Å²) in [5.41, 5.74) is 1.75. The summed E-state index contributed by atoms with van der Waals surface area (Å²) >= 11 is 0. The maximum Gasteiger partial charge on any atom is 0.318 e. The van der Waals surface area contributed by atoms with Gasteiger partial charge in [0.2, 0.25) is 0 Å². The Bertz CT molecular complexity index is 486. The van der Waals surface area contributed by atoms with Crippen LogP contribution in [0.1, 0.15) is 30.9 Å². The van der Waals surface area contributed by atoms with Gasteiger partial charge in [0.15, 0.2) is 9.84 Å². The molecule has 1 N–H and O–H groups in total. The third-order valence-corrected chi connectivity index (χ3v) is 3.84. The molecule has 1 aromatic carbocycles. The molecule has 1 aromatic rings. The van der Waals surface area contributed by atoms with Crippen molar-refractivity contribution in [2.45, 2.75) is 25.5 Å². The van der Waals surface area contributed by atoms with Crippen LogP contribution in [0.5, 0.6) is 0 Å². The zero-order valence-electron chi connectivity index (χ0n) is 9.88. The van der Waals surface area contributed by atoms with Crippen molar-refractivity contribution < 1.29 is 18.3 Å². The van der Waals surface area contributed by atoms with Gasteiger partial charge in [-0.15, -0.1) is 0 Å². The van der Waals surface area contributed by atoms with Gasteiger partial charge in [-0.1, -0.05) is 38.1 Å². The molecule has 0 heterocycles. The van der Waals surface area contributed by atoms with Crippen LogP contribution < -0.4 is 0 Å². The monoisotopic (exact) mass is 256 g/mol. The summed E-state index contributed by atoms with van der Waals surface area (Å²) in [6.07, 6.45) is 0. The normalized spacial score (nSPS) is 11.7. The summed E-state index contributed by atoms with van der Waals surface area (Å²) in [4.78, 5) is 10.4. The maximum absolute atomic E-state index is 11.4. The van der Waals surface area contributed by atoms with Gasteiger partial charge in [-0.25, -0.2) is 8.42 Å². The van der Waals surface area contributed by atoms with Crippen molar-refractivity contribution in [2.24, 2.45) is 0 Å². The summed E-state index contributed by atoms with van der Waals surface area (Å²) in [7, 11) is -3.57. The number of aliphatic carboxylic acids is 1. The maximum atomic E-state index is 11.4. The lowest BCUT2D eigenvalue weighted by Gasteiger charge is -2.06. The van der Waals surface area contributed by atoms with Crippen molar-refractivity contribution in [3.8, 4) is 0 Å². The Kier molecular flexibility index (Phi) is 4.28. The Morgan fingerprint density at radius 3 is 2.18 bits per heavy atom. The van der Waals surface area contributed by atoms with Crippen molar-refractivity contribution in [1.29, 1.82) is 0 Å². The number of hydrogen-bond donors (Lipinski definition) is 1. The number of sulfone groups is 1. The second-order valence-electron chi connectivity index (χ2n) is 4.32. The van der Waals surface area contributed by atoms with E-state index in [1.165, 1.54) is 0 Å². The van der Waals surface area contributed by atoms with Gasteiger partial charge in [0, 0.05) is 0 Å². The van der Waals surface area contributed by atoms with E-state index in [1.54, 1.807) is 12.1 Å². The first kappa shape index (κ1) is 13.7. The molecule has 5 heteroatoms. The Morgan fingerprint density at radius 2 is 1.76 bits per heavy atom. The predicted molar refractivity (Wildman–Crippen MR) is 65.7 cm³/mol. The molecule has 0 bridgehead atoms. The minimum atomic E-state index is -3.57. The minimum absolute atomic E-state index is 0.225. The summed E-state index contributed by atoms with van der Waals surface area (Å²) in [6, 6.07) is 7.20. The first-order valence-corrected chi connectivity index (χ1v) is 7.13. The van der Waals surface area contributed by atoms with Crippen molar-refractivity contribution in [2.75, 3.05) is 5.75 Å². The molecule has 0 aromatic heterocycles. The van der Waals surface area contributed by atoms with Gasteiger partial charge in [0.25, 0.3) is 0 Å². The molecule has 4 nitrogen and oxygen atoms in total. The van der Waals surface area contributed by atoms with Gasteiger partial charge in [-0.2, -0.15) is 0 Å². The molecule has 94 valence electrons. The Labute approximate surface area is 101 Å². The summed E-state index contributed by atoms with van der Waals surface area (Å²) in [6.45, 7) is 4.10. The Hall–Kier alpha value is -1.36. The summed E-state index contributed by atoms with van der Waals surface area (Å²) in [5.74, 6) is -1.97. The molecule has 0 unspecified atom stereocenters. The van der Waals surface area contributed by atoms with E-state index in [0.29, 0.717) is 11.5 Å². The number of rotatable bonds is 5. The van der Waals surface area contributed by atoms with Crippen LogP contribution in [0.2, 0.25) is 0 Å². The minimum Gasteiger partial charge on any atom is -0.480 e. The molecule has 0 aliphatic rings. The number of carboxylic acid groups (broad SMARTS) is 1. The van der Waals surface area contributed by atoms with Crippen LogP contribution in [0, 0.1) is 0 Å². The van der Waals surface area contributed by atoms with Crippen molar-refractivity contribution >= 4 is 15.8 Å². The van der Waals surface area contributed by atoms with Gasteiger partial charge >= 0.3 is 5.97 Å². The highest BCUT2D eigenvalue weighted by atomic mass is 32.2. The topological polar surface area (TPSA) is 71.4 Å². The second kappa shape index (κ2) is 5.31. The van der Waals surface area contributed by atoms with Gasteiger partial charge in [0.1, 0.15) is 5.75 Å². The van der Waals surface area contributed by atoms with E-state index >= 15 is 0 Å². The molecule has 0 saturated heterocycles. The summed E-state index contributed by atoms with van der Waals surface area (Å²) < 4.78 is 22.9. The highest BCUT2D eigenvalue weighted by Gasteiger charge is 2.16. The molecule has 0 amide bonds. The van der Waals surface area contributed by atoms with Gasteiger partial charge < -0.3 is 5.11 Å². The van der Waals surface area contributed by atoms with Crippen LogP contribution >= 0.6 is 0 Å². The first-order chi connectivity index (χ1) is 7.80. The SMILES string of the molecule is CC(C)c1ccc(CS(=O)(=O)CC(=O)O)cc1. The van der Waals surface area contributed by atoms with Crippen LogP contribution in [0.25, 0.3) is 0 Å². The number of benzene rings is 1. The van der Waals surface area contributed by atoms with Crippen LogP contribution in [-0.2, 0) is 20.4 Å². The van der Waals surface area contributed by atoms with Crippen LogP contribution in [0.4, 0.5) is 0 Å². The van der Waals surface area contributed by atoms with Crippen molar-refractivity contribution in [3.63, 3.8) is 0 Å². The van der Waals surface area contributed by atoms with E-state index in [9.17, 15) is 13.2 Å². The lowest BCUT2D eigenvalue weighted by Crippen LogP contribution is -2.16. The standard InChI is InChI=1S/C12H16O4S/c1-9(2)11-5-3-10(4-6-11)7-17(15,16)8-12(13)14/h3-6,9H,7-8H2,1-2H3,(H,13,14). The smallest absolute Gasteiger partial charge is 0.318 e. The summed E-state index contributed by atoms with van der Waals surface area (Å²) in [5, 5.41) is 8.46. The van der Waals surface area contributed by atoms with Crippen molar-refractivity contribution in [1.82, 2.24) is 0 Å². The lowest BCUT2D eigenvalue weighted by molar-refractivity contribution is -0.134. The largest absolute Gasteiger partial charge is 0.480 e. The van der Waals surface area contributed by atoms with E-state index in [2.05, 4.69) is 13.8 Å². The molecule has 0 aliphatic carbocycles. The average molecular weight is 256 g/mol. The molecule has 0 spiro atoms. The van der Waals surface area contributed by atoms with E-state index < -0.39 is 21.6 Å². The highest BCUT2D eigenvalue weighted by molar-refractivity contribution is 7.91. The fourth-order valence-electron chi connectivity index (χ4n) is 1.49. The third kappa shape index (κ3) is 4.56. The van der Waals surface area contributed by atoms with E-state index in [0.717, 1.165) is 5.56 Å². The molecule has 0 saturated carbocycles. The van der Waals surface area contributed by atoms with E-state index in [-0.39, 0.29) is 5.75 Å². The molecule has 1 rings (SSSR count). The fraction of sp³-hybridized carbons (Fsp3) is 0.417. The fourth-order valence-corrected chi connectivity index (χ4v) is 2.67. The molecule has 0 atom stereocenters. The molecule has 0 aliphatic heterocycles. The average Bonchev–Trinajstić information content (AvgIpc) is 2.15. The Balaban J connectivity index is 2.79. The highest BCUT2D eigenvalue weighted by Crippen LogP contribution is 2.16. The number of carbonyl (C=O) groups is 1. The quantitative estimate of drug-likeness (QED) is 0.872. The number of hydrogen-bond acceptors (Lipinski definition) is 3. The van der Waals surface area contributed by atoms with Crippen LogP contribution in [-0.4, -0.2) is 25.2 Å². The molecular formula is C12H16O4S. The first-order valence-electron chi connectivity index (χ1n) is 5.31. The van der Waals surface area contributed by atoms with Gasteiger partial charge in [-0.05, 0) is 17.0 Å². The predicted octanol–water partition coefficient (Wildman–Crippen LogP) is 1.81. The molecule has 0 radical (unpaired) electrons. The van der Waals surface area contributed by atoms with Crippen molar-refractivity contribution in [3.05, 3.63) is 35.4 Å². The number of carboxylic acids is 1. The van der Waals surface area contributed by atoms with Crippen LogP contribution in [0.15, 0.2) is 24.3 Å². The third-order valence-electron chi connectivity index (χ3n) is 2.38. The van der Waals surface area contributed by atoms with Crippen LogP contribution in [0.3, 0.4) is 0 Å². The van der Waals surface area contributed by atoms with E-state index in [1.807, 2.05) is 12.1 Å². The molecule has 17 heavy (non-hydrogen) atoms. The Morgan fingerprint density at radius 1 is 1.24 bits per heavy atom. The zero-order valence-corrected chi connectivity index (χ0v) is 10.7. The lowest BCUT2D eigenvalue weighted by atomic mass is 10.0. The zero-order chi connectivity index (χ0) is 13.1. The van der Waals surface area contributed by atoms with E-state index in [4.69, 9.17) is 5.11 Å². The molecular weight excluding hydrogens is 240 g/mol. The second-order valence-corrected chi connectivity index (χ2v) is 6.39. The molecule has 0 fully saturated rings.